The summed E-state index contributed by atoms with van der Waals surface area (Å²) < 4.78 is 5.20. The molecule has 1 aliphatic rings. The van der Waals surface area contributed by atoms with Crippen molar-refractivity contribution in [1.82, 2.24) is 5.32 Å². The van der Waals surface area contributed by atoms with E-state index in [2.05, 4.69) is 129 Å². The molecule has 3 amide bonds. The van der Waals surface area contributed by atoms with Crippen LogP contribution in [0, 0.1) is 17.9 Å². The van der Waals surface area contributed by atoms with Gasteiger partial charge in [-0.3, -0.25) is 9.59 Å². The summed E-state index contributed by atoms with van der Waals surface area (Å²) in [6.07, 6.45) is -0.0911. The van der Waals surface area contributed by atoms with Crippen LogP contribution < -0.4 is 16.0 Å². The smallest absolute Gasteiger partial charge is 0.319 e. The highest BCUT2D eigenvalue weighted by atomic mass is 127. The van der Waals surface area contributed by atoms with Crippen molar-refractivity contribution in [2.75, 3.05) is 10.6 Å². The molecule has 0 aromatic heterocycles. The summed E-state index contributed by atoms with van der Waals surface area (Å²) in [5.41, 5.74) is 1.97. The topological polar surface area (TPSA) is 87.3 Å². The molecule has 6 nitrogen and oxygen atoms in total. The molecule has 11 heteroatoms. The first-order chi connectivity index (χ1) is 13.2. The highest BCUT2D eigenvalue weighted by molar-refractivity contribution is 14.1. The lowest BCUT2D eigenvalue weighted by Crippen LogP contribution is -2.34. The largest absolute Gasteiger partial charge is 0.331 e. The van der Waals surface area contributed by atoms with Crippen LogP contribution in [0.1, 0.15) is 18.0 Å². The fourth-order valence-corrected chi connectivity index (χ4v) is 7.68. The normalized spacial score (nSPS) is 16.1. The Kier molecular flexibility index (Phi) is 8.07. The van der Waals surface area contributed by atoms with Gasteiger partial charge >= 0.3 is 6.03 Å². The Morgan fingerprint density at radius 3 is 2.14 bits per heavy atom. The first-order valence-corrected chi connectivity index (χ1v) is 13.1. The molecule has 146 valence electrons. The van der Waals surface area contributed by atoms with Gasteiger partial charge in [0.15, 0.2) is 0 Å². The first-order valence-electron chi connectivity index (χ1n) is 7.72. The Balaban J connectivity index is 1.88. The van der Waals surface area contributed by atoms with E-state index in [0.717, 1.165) is 23.5 Å². The minimum Gasteiger partial charge on any atom is -0.331 e. The summed E-state index contributed by atoms with van der Waals surface area (Å²) in [6.45, 7) is 0. The van der Waals surface area contributed by atoms with Gasteiger partial charge in [0.1, 0.15) is 0 Å². The van der Waals surface area contributed by atoms with Crippen LogP contribution in [-0.4, -0.2) is 17.7 Å². The van der Waals surface area contributed by atoms with E-state index in [-0.39, 0.29) is 6.42 Å². The zero-order chi connectivity index (χ0) is 20.6. The van der Waals surface area contributed by atoms with Gasteiger partial charge in [-0.1, -0.05) is 18.2 Å². The molecule has 3 N–H and O–H groups in total. The molecule has 1 aliphatic heterocycles. The van der Waals surface area contributed by atoms with Crippen molar-refractivity contribution in [2.45, 2.75) is 12.5 Å². The zero-order valence-corrected chi connectivity index (χ0v) is 24.5. The van der Waals surface area contributed by atoms with Gasteiger partial charge in [-0.25, -0.2) is 4.79 Å². The number of carbonyl (C=O) groups excluding carboxylic acids is 3. The van der Waals surface area contributed by atoms with Crippen molar-refractivity contribution in [3.8, 4) is 0 Å². The van der Waals surface area contributed by atoms with Crippen molar-refractivity contribution < 1.29 is 14.4 Å². The van der Waals surface area contributed by atoms with Crippen LogP contribution >= 0.6 is 113 Å². The number of amides is 3. The molecule has 0 saturated carbocycles. The van der Waals surface area contributed by atoms with Crippen LogP contribution in [0.3, 0.4) is 0 Å². The number of Topliss-reactive ketones (excluding diaryl/α,β-unsaturated/α-hetero) is 1. The zero-order valence-electron chi connectivity index (χ0n) is 13.7. The first kappa shape index (κ1) is 23.2. The van der Waals surface area contributed by atoms with E-state index < -0.39 is 23.8 Å². The molecule has 2 aromatic carbocycles. The average molecular weight is 939 g/mol. The molecular weight excluding hydrogens is 929 g/mol. The molecule has 2 aromatic rings. The third-order valence-electron chi connectivity index (χ3n) is 3.98. The van der Waals surface area contributed by atoms with Crippen LogP contribution in [0.4, 0.5) is 16.2 Å². The summed E-state index contributed by atoms with van der Waals surface area (Å²) in [7, 11) is 0. The van der Waals surface area contributed by atoms with Crippen molar-refractivity contribution in [1.29, 1.82) is 0 Å². The third kappa shape index (κ3) is 4.87. The number of carbonyl (C=O) groups is 3. The number of hydrogen-bond donors (Lipinski definition) is 3. The average Bonchev–Trinajstić information content (AvgIpc) is 2.79. The number of fused-ring (bicyclic) bond motifs is 1. The number of para-hydroxylation sites is 1. The minimum atomic E-state index is -0.664. The van der Waals surface area contributed by atoms with Gasteiger partial charge in [-0.15, -0.1) is 0 Å². The molecule has 0 radical (unpaired) electrons. The van der Waals surface area contributed by atoms with Crippen LogP contribution in [0.5, 0.6) is 0 Å². The number of urea groups is 1. The standard InChI is InChI=1S/C17H10I5N3O3/c18-10-11(19)13(21)15(14(22)12(10)20)25-17(28)24-8-5-9(26)16(27)23-7-4-2-1-3-6(7)8/h1-4,8H,5H2,(H,23,27)(H2,24,25,28). The Morgan fingerprint density at radius 2 is 1.50 bits per heavy atom. The number of rotatable bonds is 2. The van der Waals surface area contributed by atoms with Crippen molar-refractivity contribution in [3.05, 3.63) is 47.7 Å². The predicted molar refractivity (Wildman–Crippen MR) is 150 cm³/mol. The highest BCUT2D eigenvalue weighted by Crippen LogP contribution is 2.37. The molecule has 0 spiro atoms. The van der Waals surface area contributed by atoms with Crippen molar-refractivity contribution in [3.63, 3.8) is 0 Å². The maximum Gasteiger partial charge on any atom is 0.319 e. The van der Waals surface area contributed by atoms with E-state index in [1.165, 1.54) is 0 Å². The summed E-state index contributed by atoms with van der Waals surface area (Å²) in [5.74, 6) is -1.23. The van der Waals surface area contributed by atoms with Crippen LogP contribution in [0.15, 0.2) is 24.3 Å². The second-order valence-electron chi connectivity index (χ2n) is 5.76. The third-order valence-corrected chi connectivity index (χ3v) is 13.5. The fourth-order valence-electron chi connectivity index (χ4n) is 2.65. The van der Waals surface area contributed by atoms with Crippen molar-refractivity contribution in [2.24, 2.45) is 0 Å². The summed E-state index contributed by atoms with van der Waals surface area (Å²) in [6, 6.07) is 6.07. The Morgan fingerprint density at radius 1 is 0.929 bits per heavy atom. The number of anilines is 2. The van der Waals surface area contributed by atoms with E-state index in [1.807, 2.05) is 6.07 Å². The number of ketones is 1. The lowest BCUT2D eigenvalue weighted by molar-refractivity contribution is -0.134. The lowest BCUT2D eigenvalue weighted by Gasteiger charge is -2.20. The molecule has 0 aliphatic carbocycles. The second kappa shape index (κ2) is 9.75. The van der Waals surface area contributed by atoms with Crippen LogP contribution in [0.25, 0.3) is 0 Å². The number of hydrogen-bond acceptors (Lipinski definition) is 3. The maximum atomic E-state index is 12.8. The molecule has 3 rings (SSSR count). The van der Waals surface area contributed by atoms with Gasteiger partial charge in [0.2, 0.25) is 5.78 Å². The number of halogens is 5. The molecule has 28 heavy (non-hydrogen) atoms. The molecular formula is C17H10I5N3O3. The highest BCUT2D eigenvalue weighted by Gasteiger charge is 2.29. The van der Waals surface area contributed by atoms with Crippen molar-refractivity contribution >= 4 is 142 Å². The molecule has 0 saturated heterocycles. The fraction of sp³-hybridized carbons (Fsp3) is 0.118. The van der Waals surface area contributed by atoms with Crippen LogP contribution in [0.2, 0.25) is 0 Å². The summed E-state index contributed by atoms with van der Waals surface area (Å²) >= 11 is 11.3. The van der Waals surface area contributed by atoms with Gasteiger partial charge in [0.05, 0.1) is 18.9 Å². The Bertz CT molecular complexity index is 983. The monoisotopic (exact) mass is 939 g/mol. The van der Waals surface area contributed by atoms with E-state index in [9.17, 15) is 14.4 Å². The van der Waals surface area contributed by atoms with Crippen LogP contribution in [-0.2, 0) is 9.59 Å². The van der Waals surface area contributed by atoms with E-state index in [0.29, 0.717) is 11.3 Å². The number of nitrogens with one attached hydrogen (secondary N) is 3. The van der Waals surface area contributed by atoms with E-state index in [1.54, 1.807) is 18.2 Å². The van der Waals surface area contributed by atoms with E-state index >= 15 is 0 Å². The summed E-state index contributed by atoms with van der Waals surface area (Å²) in [4.78, 5) is 36.7. The Hall–Kier alpha value is 0.500. The predicted octanol–water partition coefficient (Wildman–Crippen LogP) is 5.48. The van der Waals surface area contributed by atoms with Gasteiger partial charge in [-0.2, -0.15) is 0 Å². The maximum absolute atomic E-state index is 12.8. The molecule has 1 atom stereocenters. The summed E-state index contributed by atoms with van der Waals surface area (Å²) in [5, 5.41) is 8.36. The van der Waals surface area contributed by atoms with Gasteiger partial charge in [-0.05, 0) is 125 Å². The SMILES string of the molecule is O=C(Nc1c(I)c(I)c(I)c(I)c1I)NC1CC(=O)C(=O)Nc2ccccc21. The minimum absolute atomic E-state index is 0.0911. The molecule has 0 bridgehead atoms. The Labute approximate surface area is 229 Å². The lowest BCUT2D eigenvalue weighted by atomic mass is 10.0. The number of benzene rings is 2. The van der Waals surface area contributed by atoms with Gasteiger partial charge in [0, 0.05) is 22.8 Å². The van der Waals surface area contributed by atoms with Gasteiger partial charge in [0.25, 0.3) is 5.91 Å². The molecule has 1 heterocycles. The van der Waals surface area contributed by atoms with Gasteiger partial charge < -0.3 is 16.0 Å². The molecule has 1 unspecified atom stereocenters. The van der Waals surface area contributed by atoms with E-state index in [4.69, 9.17) is 0 Å². The molecule has 0 fully saturated rings. The second-order valence-corrected chi connectivity index (χ2v) is 11.2. The quantitative estimate of drug-likeness (QED) is 0.162.